The summed E-state index contributed by atoms with van der Waals surface area (Å²) in [6.07, 6.45) is 4.45. The Kier molecular flexibility index (Phi) is 7.84. The SMILES string of the molecule is COc1cnc(-c2cc(Cl)ccc2F)nc1Nc1ccncc1C(=O)NCCN1CCOCC1. The fourth-order valence-electron chi connectivity index (χ4n) is 3.47. The van der Waals surface area contributed by atoms with E-state index in [0.29, 0.717) is 41.8 Å². The molecule has 9 nitrogen and oxygen atoms in total. The molecule has 2 aromatic heterocycles. The number of benzene rings is 1. The van der Waals surface area contributed by atoms with E-state index in [4.69, 9.17) is 21.1 Å². The van der Waals surface area contributed by atoms with Crippen LogP contribution in [-0.2, 0) is 4.74 Å². The van der Waals surface area contributed by atoms with E-state index in [9.17, 15) is 9.18 Å². The third-order valence-corrected chi connectivity index (χ3v) is 5.52. The average molecular weight is 487 g/mol. The van der Waals surface area contributed by atoms with Crippen LogP contribution in [0.1, 0.15) is 10.4 Å². The van der Waals surface area contributed by atoms with Crippen LogP contribution < -0.4 is 15.4 Å². The molecule has 2 N–H and O–H groups in total. The fourth-order valence-corrected chi connectivity index (χ4v) is 3.64. The van der Waals surface area contributed by atoms with Gasteiger partial charge in [-0.2, -0.15) is 0 Å². The van der Waals surface area contributed by atoms with Crippen molar-refractivity contribution in [3.05, 3.63) is 59.3 Å². The minimum absolute atomic E-state index is 0.119. The number of pyridine rings is 1. The summed E-state index contributed by atoms with van der Waals surface area (Å²) in [6.45, 7) is 4.31. The lowest BCUT2D eigenvalue weighted by Crippen LogP contribution is -2.41. The highest BCUT2D eigenvalue weighted by Gasteiger charge is 2.17. The molecular weight excluding hydrogens is 463 g/mol. The maximum atomic E-state index is 14.4. The molecule has 1 aliphatic rings. The molecule has 0 bridgehead atoms. The number of halogens is 2. The minimum Gasteiger partial charge on any atom is -0.491 e. The number of amides is 1. The van der Waals surface area contributed by atoms with Crippen LogP contribution >= 0.6 is 11.6 Å². The van der Waals surface area contributed by atoms with Gasteiger partial charge < -0.3 is 20.1 Å². The van der Waals surface area contributed by atoms with Crippen LogP contribution in [0.15, 0.2) is 42.9 Å². The second kappa shape index (κ2) is 11.2. The first kappa shape index (κ1) is 23.8. The molecule has 0 aliphatic carbocycles. The van der Waals surface area contributed by atoms with Crippen molar-refractivity contribution >= 4 is 29.0 Å². The molecule has 0 saturated carbocycles. The number of carbonyl (C=O) groups excluding carboxylic acids is 1. The molecule has 0 radical (unpaired) electrons. The number of hydrogen-bond acceptors (Lipinski definition) is 8. The van der Waals surface area contributed by atoms with Crippen LogP contribution in [0, 0.1) is 5.82 Å². The van der Waals surface area contributed by atoms with Crippen molar-refractivity contribution < 1.29 is 18.7 Å². The lowest BCUT2D eigenvalue weighted by atomic mass is 10.2. The summed E-state index contributed by atoms with van der Waals surface area (Å²) in [5, 5.41) is 6.38. The van der Waals surface area contributed by atoms with Gasteiger partial charge in [0.25, 0.3) is 5.91 Å². The molecule has 34 heavy (non-hydrogen) atoms. The molecule has 3 heterocycles. The molecule has 11 heteroatoms. The zero-order valence-electron chi connectivity index (χ0n) is 18.6. The molecule has 178 valence electrons. The maximum absolute atomic E-state index is 14.4. The number of ether oxygens (including phenoxy) is 2. The van der Waals surface area contributed by atoms with E-state index < -0.39 is 5.82 Å². The van der Waals surface area contributed by atoms with Gasteiger partial charge in [0.2, 0.25) is 0 Å². The second-order valence-corrected chi connectivity index (χ2v) is 7.93. The van der Waals surface area contributed by atoms with Crippen LogP contribution in [0.25, 0.3) is 11.4 Å². The van der Waals surface area contributed by atoms with E-state index in [1.54, 1.807) is 12.3 Å². The highest BCUT2D eigenvalue weighted by Crippen LogP contribution is 2.30. The van der Waals surface area contributed by atoms with Gasteiger partial charge in [0.05, 0.1) is 43.3 Å². The van der Waals surface area contributed by atoms with Crippen molar-refractivity contribution in [2.24, 2.45) is 0 Å². The summed E-state index contributed by atoms with van der Waals surface area (Å²) in [7, 11) is 1.47. The summed E-state index contributed by atoms with van der Waals surface area (Å²) in [4.78, 5) is 27.8. The number of carbonyl (C=O) groups is 1. The molecule has 1 aliphatic heterocycles. The van der Waals surface area contributed by atoms with Gasteiger partial charge in [-0.1, -0.05) is 11.6 Å². The van der Waals surface area contributed by atoms with Crippen molar-refractivity contribution in [3.8, 4) is 17.1 Å². The van der Waals surface area contributed by atoms with Gasteiger partial charge in [-0.3, -0.25) is 14.7 Å². The van der Waals surface area contributed by atoms with E-state index in [1.165, 1.54) is 37.7 Å². The Morgan fingerprint density at radius 1 is 1.26 bits per heavy atom. The number of rotatable bonds is 8. The van der Waals surface area contributed by atoms with Crippen LogP contribution in [0.2, 0.25) is 5.02 Å². The Hall–Kier alpha value is -3.34. The largest absolute Gasteiger partial charge is 0.491 e. The zero-order chi connectivity index (χ0) is 23.9. The van der Waals surface area contributed by atoms with E-state index in [0.717, 1.165) is 19.6 Å². The Balaban J connectivity index is 1.53. The van der Waals surface area contributed by atoms with Gasteiger partial charge in [0.1, 0.15) is 5.82 Å². The molecule has 1 aromatic carbocycles. The number of nitrogens with zero attached hydrogens (tertiary/aromatic N) is 4. The molecule has 4 rings (SSSR count). The lowest BCUT2D eigenvalue weighted by molar-refractivity contribution is 0.0383. The summed E-state index contributed by atoms with van der Waals surface area (Å²) in [5.74, 6) is -0.0845. The van der Waals surface area contributed by atoms with E-state index in [-0.39, 0.29) is 23.1 Å². The van der Waals surface area contributed by atoms with Crippen molar-refractivity contribution in [1.82, 2.24) is 25.2 Å². The van der Waals surface area contributed by atoms with Gasteiger partial charge in [-0.25, -0.2) is 14.4 Å². The standard InChI is InChI=1S/C23H24ClFN6O3/c1-33-20-14-28-21(16-12-15(24)2-3-18(16)25)30-22(20)29-19-4-5-26-13-17(19)23(32)27-6-7-31-8-10-34-11-9-31/h2-5,12-14H,6-11H2,1H3,(H,27,32)(H,26,28,29,30). The number of hydrogen-bond donors (Lipinski definition) is 2. The topological polar surface area (TPSA) is 102 Å². The van der Waals surface area contributed by atoms with Crippen molar-refractivity contribution in [1.29, 1.82) is 0 Å². The van der Waals surface area contributed by atoms with Crippen LogP contribution in [0.3, 0.4) is 0 Å². The van der Waals surface area contributed by atoms with Crippen molar-refractivity contribution in [2.45, 2.75) is 0 Å². The van der Waals surface area contributed by atoms with Gasteiger partial charge in [-0.15, -0.1) is 0 Å². The Morgan fingerprint density at radius 2 is 2.09 bits per heavy atom. The van der Waals surface area contributed by atoms with E-state index >= 15 is 0 Å². The fraction of sp³-hybridized carbons (Fsp3) is 0.304. The first-order valence-electron chi connectivity index (χ1n) is 10.7. The minimum atomic E-state index is -0.509. The van der Waals surface area contributed by atoms with E-state index in [2.05, 4.69) is 30.5 Å². The highest BCUT2D eigenvalue weighted by molar-refractivity contribution is 6.30. The van der Waals surface area contributed by atoms with Crippen LogP contribution in [-0.4, -0.2) is 72.3 Å². The van der Waals surface area contributed by atoms with Crippen molar-refractivity contribution in [2.75, 3.05) is 51.8 Å². The molecule has 0 atom stereocenters. The van der Waals surface area contributed by atoms with Gasteiger partial charge in [0, 0.05) is 43.6 Å². The monoisotopic (exact) mass is 486 g/mol. The third kappa shape index (κ3) is 5.77. The van der Waals surface area contributed by atoms with Gasteiger partial charge >= 0.3 is 0 Å². The predicted octanol–water partition coefficient (Wildman–Crippen LogP) is 3.15. The number of methoxy groups -OCH3 is 1. The smallest absolute Gasteiger partial charge is 0.255 e. The molecule has 0 spiro atoms. The molecule has 1 amide bonds. The summed E-state index contributed by atoms with van der Waals surface area (Å²) in [5.41, 5.74) is 0.947. The zero-order valence-corrected chi connectivity index (χ0v) is 19.3. The Labute approximate surface area is 201 Å². The van der Waals surface area contributed by atoms with Crippen LogP contribution in [0.4, 0.5) is 15.9 Å². The first-order chi connectivity index (χ1) is 16.5. The van der Waals surface area contributed by atoms with Crippen LogP contribution in [0.5, 0.6) is 5.75 Å². The Bertz CT molecular complexity index is 1160. The van der Waals surface area contributed by atoms with Gasteiger partial charge in [-0.05, 0) is 24.3 Å². The summed E-state index contributed by atoms with van der Waals surface area (Å²) >= 11 is 6.02. The average Bonchev–Trinajstić information content (AvgIpc) is 2.86. The quantitative estimate of drug-likeness (QED) is 0.500. The van der Waals surface area contributed by atoms with Gasteiger partial charge in [0.15, 0.2) is 17.4 Å². The molecule has 1 fully saturated rings. The summed E-state index contributed by atoms with van der Waals surface area (Å²) in [6, 6.07) is 5.80. The Morgan fingerprint density at radius 3 is 2.88 bits per heavy atom. The normalized spacial score (nSPS) is 14.0. The molecule has 0 unspecified atom stereocenters. The van der Waals surface area contributed by atoms with Crippen molar-refractivity contribution in [3.63, 3.8) is 0 Å². The third-order valence-electron chi connectivity index (χ3n) is 5.28. The second-order valence-electron chi connectivity index (χ2n) is 7.49. The summed E-state index contributed by atoms with van der Waals surface area (Å²) < 4.78 is 25.1. The molecular formula is C23H24ClFN6O3. The first-order valence-corrected chi connectivity index (χ1v) is 11.1. The van der Waals surface area contributed by atoms with E-state index in [1.807, 2.05) is 0 Å². The number of aromatic nitrogens is 3. The lowest BCUT2D eigenvalue weighted by Gasteiger charge is -2.26. The number of morpholine rings is 1. The highest BCUT2D eigenvalue weighted by atomic mass is 35.5. The predicted molar refractivity (Wildman–Crippen MR) is 126 cm³/mol. The molecule has 1 saturated heterocycles. The number of nitrogens with one attached hydrogen (secondary N) is 2. The molecule has 3 aromatic rings. The maximum Gasteiger partial charge on any atom is 0.255 e. The number of anilines is 2.